The van der Waals surface area contributed by atoms with Gasteiger partial charge >= 0.3 is 5.97 Å². The first kappa shape index (κ1) is 18.5. The van der Waals surface area contributed by atoms with Crippen LogP contribution in [0.5, 0.6) is 5.75 Å². The molecule has 3 aromatic rings. The van der Waals surface area contributed by atoms with Gasteiger partial charge in [0, 0.05) is 0 Å². The molecule has 0 bridgehead atoms. The molecule has 0 aliphatic rings. The number of methoxy groups -OCH3 is 1. The summed E-state index contributed by atoms with van der Waals surface area (Å²) in [7, 11) is 1.52. The molecular formula is C22H21NO4. The molecule has 3 rings (SSSR count). The maximum absolute atomic E-state index is 12.2. The second kappa shape index (κ2) is 8.36. The normalized spacial score (nSPS) is 11.6. The van der Waals surface area contributed by atoms with Crippen molar-refractivity contribution in [3.8, 4) is 5.75 Å². The number of fused-ring (bicyclic) bond motifs is 1. The Labute approximate surface area is 157 Å². The van der Waals surface area contributed by atoms with Gasteiger partial charge in [-0.2, -0.15) is 0 Å². The van der Waals surface area contributed by atoms with Crippen LogP contribution in [0.25, 0.3) is 10.8 Å². The largest absolute Gasteiger partial charge is 0.497 e. The highest BCUT2D eigenvalue weighted by atomic mass is 16.5. The predicted octanol–water partition coefficient (Wildman–Crippen LogP) is 3.88. The van der Waals surface area contributed by atoms with E-state index < -0.39 is 5.97 Å². The molecule has 0 fully saturated rings. The first-order valence-electron chi connectivity index (χ1n) is 8.66. The van der Waals surface area contributed by atoms with Crippen LogP contribution in [0.2, 0.25) is 0 Å². The van der Waals surface area contributed by atoms with Crippen LogP contribution in [0.15, 0.2) is 66.7 Å². The summed E-state index contributed by atoms with van der Waals surface area (Å²) in [6.45, 7) is 1.56. The van der Waals surface area contributed by atoms with Gasteiger partial charge in [-0.1, -0.05) is 48.5 Å². The van der Waals surface area contributed by atoms with Crippen LogP contribution in [0.3, 0.4) is 0 Å². The third-order valence-electron chi connectivity index (χ3n) is 4.31. The van der Waals surface area contributed by atoms with E-state index in [9.17, 15) is 9.59 Å². The summed E-state index contributed by atoms with van der Waals surface area (Å²) < 4.78 is 10.2. The van der Waals surface area contributed by atoms with Crippen LogP contribution >= 0.6 is 0 Å². The predicted molar refractivity (Wildman–Crippen MR) is 104 cm³/mol. The Hall–Kier alpha value is -3.34. The molecule has 0 heterocycles. The molecule has 138 valence electrons. The molecule has 5 nitrogen and oxygen atoms in total. The van der Waals surface area contributed by atoms with E-state index in [4.69, 9.17) is 9.47 Å². The first-order chi connectivity index (χ1) is 13.1. The number of hydrogen-bond donors (Lipinski definition) is 1. The van der Waals surface area contributed by atoms with Crippen LogP contribution in [0, 0.1) is 0 Å². The van der Waals surface area contributed by atoms with Gasteiger partial charge in [0.05, 0.1) is 18.7 Å². The first-order valence-corrected chi connectivity index (χ1v) is 8.66. The van der Waals surface area contributed by atoms with E-state index in [0.717, 1.165) is 16.3 Å². The molecule has 0 aromatic heterocycles. The Morgan fingerprint density at radius 2 is 1.74 bits per heavy atom. The number of hydrogen-bond acceptors (Lipinski definition) is 4. The molecule has 1 N–H and O–H groups in total. The van der Waals surface area contributed by atoms with Gasteiger partial charge in [-0.15, -0.1) is 0 Å². The van der Waals surface area contributed by atoms with E-state index in [0.29, 0.717) is 11.3 Å². The average Bonchev–Trinajstić information content (AvgIpc) is 2.71. The second-order valence-corrected chi connectivity index (χ2v) is 6.17. The molecule has 1 amide bonds. The topological polar surface area (TPSA) is 64.6 Å². The van der Waals surface area contributed by atoms with Gasteiger partial charge < -0.3 is 14.8 Å². The fourth-order valence-electron chi connectivity index (χ4n) is 2.95. The molecule has 0 aliphatic carbocycles. The van der Waals surface area contributed by atoms with Crippen molar-refractivity contribution >= 4 is 22.6 Å². The number of rotatable bonds is 6. The highest BCUT2D eigenvalue weighted by molar-refractivity contribution is 5.92. The summed E-state index contributed by atoms with van der Waals surface area (Å²) in [6.07, 6.45) is 0. The molecule has 0 unspecified atom stereocenters. The second-order valence-electron chi connectivity index (χ2n) is 6.17. The standard InChI is InChI=1S/C22H21NO4/c1-15(19-12-6-8-16-7-3-4-11-20(16)19)23-21(24)14-27-22(25)17-9-5-10-18(13-17)26-2/h3-13,15H,14H2,1-2H3,(H,23,24)/t15-/m0/s1. The van der Waals surface area contributed by atoms with E-state index in [2.05, 4.69) is 5.32 Å². The molecule has 0 aliphatic heterocycles. The Morgan fingerprint density at radius 3 is 2.56 bits per heavy atom. The lowest BCUT2D eigenvalue weighted by Crippen LogP contribution is -2.31. The summed E-state index contributed by atoms with van der Waals surface area (Å²) in [5.74, 6) is -0.368. The monoisotopic (exact) mass is 363 g/mol. The number of carbonyl (C=O) groups is 2. The van der Waals surface area contributed by atoms with Crippen LogP contribution in [0.1, 0.15) is 28.9 Å². The van der Waals surface area contributed by atoms with Gasteiger partial charge in [0.2, 0.25) is 0 Å². The van der Waals surface area contributed by atoms with Crippen LogP contribution in [-0.2, 0) is 9.53 Å². The minimum absolute atomic E-state index is 0.209. The summed E-state index contributed by atoms with van der Waals surface area (Å²) in [4.78, 5) is 24.3. The van der Waals surface area contributed by atoms with E-state index in [1.54, 1.807) is 24.3 Å². The number of esters is 1. The number of benzene rings is 3. The van der Waals surface area contributed by atoms with E-state index in [1.165, 1.54) is 7.11 Å². The Morgan fingerprint density at radius 1 is 1.00 bits per heavy atom. The molecule has 0 radical (unpaired) electrons. The van der Waals surface area contributed by atoms with Gasteiger partial charge in [0.25, 0.3) is 5.91 Å². The molecule has 0 saturated carbocycles. The molecule has 5 heteroatoms. The van der Waals surface area contributed by atoms with Crippen molar-refractivity contribution in [3.05, 3.63) is 77.9 Å². The van der Waals surface area contributed by atoms with Crippen molar-refractivity contribution in [1.29, 1.82) is 0 Å². The van der Waals surface area contributed by atoms with Crippen LogP contribution < -0.4 is 10.1 Å². The van der Waals surface area contributed by atoms with Crippen molar-refractivity contribution in [2.75, 3.05) is 13.7 Å². The van der Waals surface area contributed by atoms with Crippen molar-refractivity contribution in [2.24, 2.45) is 0 Å². The summed E-state index contributed by atoms with van der Waals surface area (Å²) in [6, 6.07) is 20.4. The number of carbonyl (C=O) groups excluding carboxylic acids is 2. The molecule has 27 heavy (non-hydrogen) atoms. The van der Waals surface area contributed by atoms with Gasteiger partial charge in [0.15, 0.2) is 6.61 Å². The van der Waals surface area contributed by atoms with Crippen molar-refractivity contribution in [2.45, 2.75) is 13.0 Å². The van der Waals surface area contributed by atoms with Crippen molar-refractivity contribution in [3.63, 3.8) is 0 Å². The van der Waals surface area contributed by atoms with Crippen molar-refractivity contribution in [1.82, 2.24) is 5.32 Å². The van der Waals surface area contributed by atoms with Gasteiger partial charge in [-0.3, -0.25) is 4.79 Å². The Balaban J connectivity index is 1.61. The molecule has 0 spiro atoms. The number of amides is 1. The van der Waals surface area contributed by atoms with E-state index in [1.807, 2.05) is 49.4 Å². The highest BCUT2D eigenvalue weighted by Crippen LogP contribution is 2.24. The smallest absolute Gasteiger partial charge is 0.338 e. The Bertz CT molecular complexity index is 962. The third-order valence-corrected chi connectivity index (χ3v) is 4.31. The molecular weight excluding hydrogens is 342 g/mol. The zero-order chi connectivity index (χ0) is 19.2. The average molecular weight is 363 g/mol. The number of nitrogens with one attached hydrogen (secondary N) is 1. The van der Waals surface area contributed by atoms with E-state index in [-0.39, 0.29) is 18.6 Å². The van der Waals surface area contributed by atoms with Crippen LogP contribution in [-0.4, -0.2) is 25.6 Å². The summed E-state index contributed by atoms with van der Waals surface area (Å²) in [5, 5.41) is 5.07. The van der Waals surface area contributed by atoms with Gasteiger partial charge in [-0.25, -0.2) is 4.79 Å². The van der Waals surface area contributed by atoms with Crippen molar-refractivity contribution < 1.29 is 19.1 Å². The minimum Gasteiger partial charge on any atom is -0.497 e. The lowest BCUT2D eigenvalue weighted by atomic mass is 10.00. The SMILES string of the molecule is COc1cccc(C(=O)OCC(=O)N[C@@H](C)c2cccc3ccccc23)c1. The Kier molecular flexibility index (Phi) is 5.71. The van der Waals surface area contributed by atoms with E-state index >= 15 is 0 Å². The number of ether oxygens (including phenoxy) is 2. The van der Waals surface area contributed by atoms with Crippen LogP contribution in [0.4, 0.5) is 0 Å². The fraction of sp³-hybridized carbons (Fsp3) is 0.182. The quantitative estimate of drug-likeness (QED) is 0.675. The van der Waals surface area contributed by atoms with Gasteiger partial charge in [0.1, 0.15) is 5.75 Å². The maximum Gasteiger partial charge on any atom is 0.338 e. The van der Waals surface area contributed by atoms with Gasteiger partial charge in [-0.05, 0) is 41.5 Å². The lowest BCUT2D eigenvalue weighted by Gasteiger charge is -2.16. The third kappa shape index (κ3) is 4.44. The molecule has 3 aromatic carbocycles. The highest BCUT2D eigenvalue weighted by Gasteiger charge is 2.15. The summed E-state index contributed by atoms with van der Waals surface area (Å²) >= 11 is 0. The molecule has 0 saturated heterocycles. The molecule has 1 atom stereocenters. The summed E-state index contributed by atoms with van der Waals surface area (Å²) in [5.41, 5.74) is 1.35. The lowest BCUT2D eigenvalue weighted by molar-refractivity contribution is -0.124. The minimum atomic E-state index is -0.568. The fourth-order valence-corrected chi connectivity index (χ4v) is 2.95. The maximum atomic E-state index is 12.2. The zero-order valence-corrected chi connectivity index (χ0v) is 15.3. The zero-order valence-electron chi connectivity index (χ0n) is 15.3.